The second kappa shape index (κ2) is 8.19. The zero-order valence-corrected chi connectivity index (χ0v) is 14.7. The summed E-state index contributed by atoms with van der Waals surface area (Å²) in [6.45, 7) is 1.97. The van der Waals surface area contributed by atoms with Crippen LogP contribution in [0.2, 0.25) is 0 Å². The van der Waals surface area contributed by atoms with Gasteiger partial charge in [-0.25, -0.2) is 8.42 Å². The van der Waals surface area contributed by atoms with Crippen molar-refractivity contribution >= 4 is 27.4 Å². The molecule has 0 saturated heterocycles. The molecule has 0 aliphatic carbocycles. The molecule has 0 fully saturated rings. The van der Waals surface area contributed by atoms with Gasteiger partial charge >= 0.3 is 0 Å². The molecule has 0 aliphatic rings. The average Bonchev–Trinajstić information content (AvgIpc) is 2.42. The average molecular weight is 341 g/mol. The Morgan fingerprint density at radius 2 is 1.65 bits per heavy atom. The molecule has 7 nitrogen and oxygen atoms in total. The van der Waals surface area contributed by atoms with E-state index in [4.69, 9.17) is 0 Å². The van der Waals surface area contributed by atoms with Crippen molar-refractivity contribution in [3.05, 3.63) is 29.8 Å². The van der Waals surface area contributed by atoms with Crippen LogP contribution in [0.25, 0.3) is 0 Å². The van der Waals surface area contributed by atoms with Crippen molar-refractivity contribution in [2.45, 2.75) is 6.92 Å². The maximum absolute atomic E-state index is 12.0. The van der Waals surface area contributed by atoms with Crippen molar-refractivity contribution in [3.63, 3.8) is 0 Å². The van der Waals surface area contributed by atoms with E-state index in [1.54, 1.807) is 24.3 Å². The number of sulfonamides is 1. The van der Waals surface area contributed by atoms with Gasteiger partial charge in [-0.05, 0) is 45.3 Å². The monoisotopic (exact) mass is 341 g/mol. The number of hydrogen-bond donors (Lipinski definition) is 1. The second-order valence-electron chi connectivity index (χ2n) is 5.58. The predicted octanol–water partition coefficient (Wildman–Crippen LogP) is 0.651. The van der Waals surface area contributed by atoms with Gasteiger partial charge in [-0.15, -0.1) is 0 Å². The van der Waals surface area contributed by atoms with Gasteiger partial charge in [-0.3, -0.25) is 9.59 Å². The van der Waals surface area contributed by atoms with Gasteiger partial charge in [0.2, 0.25) is 15.9 Å². The lowest BCUT2D eigenvalue weighted by molar-refractivity contribution is -0.116. The Hall–Kier alpha value is -1.77. The lowest BCUT2D eigenvalue weighted by Gasteiger charge is -2.21. The van der Waals surface area contributed by atoms with E-state index in [1.165, 1.54) is 6.92 Å². The summed E-state index contributed by atoms with van der Waals surface area (Å²) < 4.78 is 24.6. The fourth-order valence-electron chi connectivity index (χ4n) is 1.82. The summed E-state index contributed by atoms with van der Waals surface area (Å²) in [6.07, 6.45) is 1.08. The predicted molar refractivity (Wildman–Crippen MR) is 90.0 cm³/mol. The molecule has 1 N–H and O–H groups in total. The molecule has 0 saturated carbocycles. The van der Waals surface area contributed by atoms with Gasteiger partial charge in [0, 0.05) is 24.3 Å². The van der Waals surface area contributed by atoms with Crippen LogP contribution < -0.4 is 5.32 Å². The molecule has 23 heavy (non-hydrogen) atoms. The molecule has 0 unspecified atom stereocenters. The Morgan fingerprint density at radius 3 is 2.09 bits per heavy atom. The number of nitrogens with one attached hydrogen (secondary N) is 1. The first kappa shape index (κ1) is 19.3. The van der Waals surface area contributed by atoms with Gasteiger partial charge in [0.05, 0.1) is 12.8 Å². The van der Waals surface area contributed by atoms with Gasteiger partial charge in [-0.1, -0.05) is 0 Å². The minimum Gasteiger partial charge on any atom is -0.325 e. The lowest BCUT2D eigenvalue weighted by Crippen LogP contribution is -2.41. The molecule has 1 aromatic carbocycles. The fraction of sp³-hybridized carbons (Fsp3) is 0.467. The molecule has 0 spiro atoms. The summed E-state index contributed by atoms with van der Waals surface area (Å²) in [5.74, 6) is -0.487. The SMILES string of the molecule is CC(=O)c1ccc(NC(=O)CN(CCN(C)C)S(C)(=O)=O)cc1. The van der Waals surface area contributed by atoms with E-state index in [2.05, 4.69) is 5.32 Å². The van der Waals surface area contributed by atoms with E-state index in [0.717, 1.165) is 10.6 Å². The van der Waals surface area contributed by atoms with Crippen LogP contribution in [-0.2, 0) is 14.8 Å². The molecule has 0 atom stereocenters. The van der Waals surface area contributed by atoms with Crippen LogP contribution in [0.3, 0.4) is 0 Å². The van der Waals surface area contributed by atoms with Crippen LogP contribution in [-0.4, -0.2) is 69.3 Å². The molecule has 8 heteroatoms. The number of carbonyl (C=O) groups is 2. The first-order valence-corrected chi connectivity index (χ1v) is 8.95. The fourth-order valence-corrected chi connectivity index (χ4v) is 2.59. The smallest absolute Gasteiger partial charge is 0.239 e. The highest BCUT2D eigenvalue weighted by molar-refractivity contribution is 7.88. The van der Waals surface area contributed by atoms with Crippen molar-refractivity contribution in [1.29, 1.82) is 0 Å². The lowest BCUT2D eigenvalue weighted by atomic mass is 10.1. The molecule has 0 bridgehead atoms. The number of nitrogens with zero attached hydrogens (tertiary/aromatic N) is 2. The number of carbonyl (C=O) groups excluding carboxylic acids is 2. The van der Waals surface area contributed by atoms with E-state index in [0.29, 0.717) is 17.8 Å². The third kappa shape index (κ3) is 6.89. The summed E-state index contributed by atoms with van der Waals surface area (Å²) in [6, 6.07) is 6.44. The van der Waals surface area contributed by atoms with E-state index in [1.807, 2.05) is 19.0 Å². The first-order valence-electron chi connectivity index (χ1n) is 7.10. The molecular formula is C15H23N3O4S. The van der Waals surface area contributed by atoms with Crippen molar-refractivity contribution < 1.29 is 18.0 Å². The van der Waals surface area contributed by atoms with Gasteiger partial charge < -0.3 is 10.2 Å². The summed E-state index contributed by atoms with van der Waals surface area (Å²) in [7, 11) is 0.196. The van der Waals surface area contributed by atoms with E-state index in [-0.39, 0.29) is 18.9 Å². The number of hydrogen-bond acceptors (Lipinski definition) is 5. The van der Waals surface area contributed by atoms with Crippen molar-refractivity contribution in [1.82, 2.24) is 9.21 Å². The van der Waals surface area contributed by atoms with Crippen LogP contribution in [0, 0.1) is 0 Å². The number of anilines is 1. The highest BCUT2D eigenvalue weighted by Gasteiger charge is 2.20. The van der Waals surface area contributed by atoms with Crippen LogP contribution in [0.15, 0.2) is 24.3 Å². The van der Waals surface area contributed by atoms with E-state index in [9.17, 15) is 18.0 Å². The van der Waals surface area contributed by atoms with Crippen molar-refractivity contribution in [3.8, 4) is 0 Å². The quantitative estimate of drug-likeness (QED) is 0.702. The Kier molecular flexibility index (Phi) is 6.86. The zero-order valence-electron chi connectivity index (χ0n) is 13.9. The summed E-state index contributed by atoms with van der Waals surface area (Å²) >= 11 is 0. The van der Waals surface area contributed by atoms with E-state index >= 15 is 0 Å². The van der Waals surface area contributed by atoms with Gasteiger partial charge in [0.25, 0.3) is 0 Å². The van der Waals surface area contributed by atoms with Crippen LogP contribution in [0.5, 0.6) is 0 Å². The van der Waals surface area contributed by atoms with Crippen LogP contribution in [0.4, 0.5) is 5.69 Å². The first-order chi connectivity index (χ1) is 10.6. The Balaban J connectivity index is 2.69. The molecule has 0 radical (unpaired) electrons. The summed E-state index contributed by atoms with van der Waals surface area (Å²) in [5, 5.41) is 2.63. The van der Waals surface area contributed by atoms with Crippen LogP contribution >= 0.6 is 0 Å². The van der Waals surface area contributed by atoms with Crippen LogP contribution in [0.1, 0.15) is 17.3 Å². The number of ketones is 1. The third-order valence-corrected chi connectivity index (χ3v) is 4.41. The number of benzene rings is 1. The second-order valence-corrected chi connectivity index (χ2v) is 7.56. The minimum atomic E-state index is -3.46. The maximum Gasteiger partial charge on any atom is 0.239 e. The molecule has 0 heterocycles. The molecule has 128 valence electrons. The highest BCUT2D eigenvalue weighted by Crippen LogP contribution is 2.10. The highest BCUT2D eigenvalue weighted by atomic mass is 32.2. The number of Topliss-reactive ketones (excluding diaryl/α,β-unsaturated/α-hetero) is 1. The van der Waals surface area contributed by atoms with Gasteiger partial charge in [-0.2, -0.15) is 4.31 Å². The molecule has 0 aromatic heterocycles. The molecular weight excluding hydrogens is 318 g/mol. The minimum absolute atomic E-state index is 0.0604. The van der Waals surface area contributed by atoms with E-state index < -0.39 is 15.9 Å². The Labute approximate surface area is 137 Å². The van der Waals surface area contributed by atoms with Crippen molar-refractivity contribution in [2.75, 3.05) is 45.3 Å². The molecule has 1 aromatic rings. The van der Waals surface area contributed by atoms with Crippen molar-refractivity contribution in [2.24, 2.45) is 0 Å². The largest absolute Gasteiger partial charge is 0.325 e. The summed E-state index contributed by atoms with van der Waals surface area (Å²) in [5.41, 5.74) is 1.06. The molecule has 0 aliphatic heterocycles. The van der Waals surface area contributed by atoms with Gasteiger partial charge in [0.15, 0.2) is 5.78 Å². The molecule has 1 rings (SSSR count). The number of rotatable bonds is 8. The zero-order chi connectivity index (χ0) is 17.6. The number of likely N-dealkylation sites (N-methyl/N-ethyl adjacent to an activating group) is 1. The normalized spacial score (nSPS) is 11.7. The Morgan fingerprint density at radius 1 is 1.09 bits per heavy atom. The third-order valence-electron chi connectivity index (χ3n) is 3.16. The standard InChI is InChI=1S/C15H23N3O4S/c1-12(19)13-5-7-14(8-6-13)16-15(20)11-18(23(4,21)22)10-9-17(2)3/h5-8H,9-11H2,1-4H3,(H,16,20). The topological polar surface area (TPSA) is 86.8 Å². The number of amides is 1. The maximum atomic E-state index is 12.0. The molecule has 1 amide bonds. The van der Waals surface area contributed by atoms with Gasteiger partial charge in [0.1, 0.15) is 0 Å². The summed E-state index contributed by atoms with van der Waals surface area (Å²) in [4.78, 5) is 25.1. The Bertz CT molecular complexity index is 654.